The van der Waals surface area contributed by atoms with Crippen LogP contribution in [-0.4, -0.2) is 35.7 Å². The van der Waals surface area contributed by atoms with E-state index in [1.54, 1.807) is 0 Å². The van der Waals surface area contributed by atoms with Gasteiger partial charge in [0.25, 0.3) is 0 Å². The molecule has 3 N–H and O–H groups in total. The molecular weight excluding hydrogens is 216 g/mol. The van der Waals surface area contributed by atoms with E-state index < -0.39 is 0 Å². The Morgan fingerprint density at radius 2 is 1.94 bits per heavy atom. The van der Waals surface area contributed by atoms with Crippen molar-refractivity contribution in [1.29, 1.82) is 0 Å². The van der Waals surface area contributed by atoms with Crippen molar-refractivity contribution in [2.45, 2.75) is 63.6 Å². The molecule has 2 rings (SSSR count). The van der Waals surface area contributed by atoms with Crippen molar-refractivity contribution in [2.75, 3.05) is 6.54 Å². The minimum absolute atomic E-state index is 0.151. The van der Waals surface area contributed by atoms with Crippen molar-refractivity contribution < 1.29 is 9.90 Å². The summed E-state index contributed by atoms with van der Waals surface area (Å²) in [6.07, 6.45) is 5.25. The molecule has 1 aliphatic carbocycles. The molecule has 1 heterocycles. The Kier molecular flexibility index (Phi) is 4.40. The van der Waals surface area contributed by atoms with Gasteiger partial charge in [0.05, 0.1) is 6.10 Å². The fraction of sp³-hybridized carbons (Fsp3) is 0.923. The number of aliphatic hydroxyl groups excluding tert-OH is 1. The molecule has 0 aromatic heterocycles. The van der Waals surface area contributed by atoms with Gasteiger partial charge in [0.15, 0.2) is 0 Å². The van der Waals surface area contributed by atoms with Crippen LogP contribution in [0.15, 0.2) is 0 Å². The summed E-state index contributed by atoms with van der Waals surface area (Å²) in [7, 11) is 0. The highest BCUT2D eigenvalue weighted by Gasteiger charge is 2.27. The third-order valence-electron chi connectivity index (χ3n) is 4.04. The first kappa shape index (κ1) is 12.8. The number of carbonyl (C=O) groups excluding carboxylic acids is 1. The summed E-state index contributed by atoms with van der Waals surface area (Å²) in [6, 6.07) is 0.740. The minimum Gasteiger partial charge on any atom is -0.393 e. The smallest absolute Gasteiger partial charge is 0.223 e. The summed E-state index contributed by atoms with van der Waals surface area (Å²) >= 11 is 0. The molecule has 2 unspecified atom stereocenters. The van der Waals surface area contributed by atoms with Gasteiger partial charge < -0.3 is 15.7 Å². The van der Waals surface area contributed by atoms with Crippen LogP contribution in [0, 0.1) is 5.92 Å². The van der Waals surface area contributed by atoms with E-state index in [9.17, 15) is 9.90 Å². The molecule has 1 saturated heterocycles. The summed E-state index contributed by atoms with van der Waals surface area (Å²) in [5.41, 5.74) is 0. The lowest BCUT2D eigenvalue weighted by Crippen LogP contribution is -2.46. The van der Waals surface area contributed by atoms with E-state index in [1.807, 2.05) is 0 Å². The summed E-state index contributed by atoms with van der Waals surface area (Å²) in [5.74, 6) is 0.401. The molecule has 2 atom stereocenters. The normalized spacial score (nSPS) is 38.7. The molecule has 2 aliphatic rings. The number of carbonyl (C=O) groups is 1. The van der Waals surface area contributed by atoms with Crippen LogP contribution in [0.3, 0.4) is 0 Å². The lowest BCUT2D eigenvalue weighted by molar-refractivity contribution is -0.127. The molecule has 17 heavy (non-hydrogen) atoms. The van der Waals surface area contributed by atoms with E-state index in [1.165, 1.54) is 0 Å². The predicted octanol–water partition coefficient (Wildman–Crippen LogP) is 0.794. The van der Waals surface area contributed by atoms with Gasteiger partial charge in [0.1, 0.15) is 0 Å². The van der Waals surface area contributed by atoms with Crippen molar-refractivity contribution >= 4 is 5.91 Å². The Balaban J connectivity index is 1.76. The monoisotopic (exact) mass is 240 g/mol. The Hall–Kier alpha value is -0.610. The summed E-state index contributed by atoms with van der Waals surface area (Å²) < 4.78 is 0. The molecule has 1 aliphatic heterocycles. The van der Waals surface area contributed by atoms with Gasteiger partial charge in [-0.2, -0.15) is 0 Å². The third kappa shape index (κ3) is 3.68. The maximum atomic E-state index is 12.1. The topological polar surface area (TPSA) is 61.4 Å². The highest BCUT2D eigenvalue weighted by molar-refractivity contribution is 5.79. The molecular formula is C13H24N2O2. The van der Waals surface area contributed by atoms with Crippen molar-refractivity contribution in [3.05, 3.63) is 0 Å². The van der Waals surface area contributed by atoms with Crippen molar-refractivity contribution in [1.82, 2.24) is 10.6 Å². The van der Waals surface area contributed by atoms with Gasteiger partial charge in [-0.05, 0) is 52.0 Å². The highest BCUT2D eigenvalue weighted by Crippen LogP contribution is 2.21. The Labute approximate surface area is 103 Å². The number of rotatable bonds is 2. The van der Waals surface area contributed by atoms with Gasteiger partial charge in [-0.25, -0.2) is 0 Å². The number of amides is 1. The molecule has 98 valence electrons. The molecule has 1 amide bonds. The van der Waals surface area contributed by atoms with Crippen molar-refractivity contribution in [2.24, 2.45) is 5.92 Å². The zero-order valence-electron chi connectivity index (χ0n) is 10.6. The van der Waals surface area contributed by atoms with Crippen LogP contribution in [-0.2, 0) is 4.79 Å². The summed E-state index contributed by atoms with van der Waals surface area (Å²) in [6.45, 7) is 3.08. The van der Waals surface area contributed by atoms with Crippen LogP contribution >= 0.6 is 0 Å². The number of hydrogen-bond donors (Lipinski definition) is 3. The first-order valence-corrected chi connectivity index (χ1v) is 6.87. The Morgan fingerprint density at radius 3 is 2.59 bits per heavy atom. The number of piperidine rings is 1. The molecule has 4 nitrogen and oxygen atoms in total. The Morgan fingerprint density at radius 1 is 1.24 bits per heavy atom. The standard InChI is InChI=1S/C13H24N2O2/c1-9-8-10(6-7-14-9)13(17)15-11-2-4-12(16)5-3-11/h9-12,14,16H,2-8H2,1H3,(H,15,17). The first-order valence-electron chi connectivity index (χ1n) is 6.87. The van der Waals surface area contributed by atoms with Crippen molar-refractivity contribution in [3.8, 4) is 0 Å². The van der Waals surface area contributed by atoms with E-state index in [2.05, 4.69) is 17.6 Å². The van der Waals surface area contributed by atoms with Gasteiger partial charge in [-0.15, -0.1) is 0 Å². The average molecular weight is 240 g/mol. The average Bonchev–Trinajstić information content (AvgIpc) is 2.32. The molecule has 0 bridgehead atoms. The van der Waals surface area contributed by atoms with Gasteiger partial charge in [0, 0.05) is 18.0 Å². The second-order valence-electron chi connectivity index (χ2n) is 5.59. The molecule has 0 spiro atoms. The molecule has 0 aromatic rings. The maximum absolute atomic E-state index is 12.1. The number of aliphatic hydroxyl groups is 1. The Bertz CT molecular complexity index is 262. The SMILES string of the molecule is CC1CC(C(=O)NC2CCC(O)CC2)CCN1. The van der Waals surface area contributed by atoms with Gasteiger partial charge in [-0.3, -0.25) is 4.79 Å². The second kappa shape index (κ2) is 5.83. The van der Waals surface area contributed by atoms with Crippen LogP contribution in [0.1, 0.15) is 45.4 Å². The number of hydrogen-bond acceptors (Lipinski definition) is 3. The fourth-order valence-electron chi connectivity index (χ4n) is 2.91. The molecule has 0 radical (unpaired) electrons. The quantitative estimate of drug-likeness (QED) is 0.669. The zero-order valence-corrected chi connectivity index (χ0v) is 10.6. The van der Waals surface area contributed by atoms with E-state index >= 15 is 0 Å². The van der Waals surface area contributed by atoms with E-state index in [0.29, 0.717) is 6.04 Å². The summed E-state index contributed by atoms with van der Waals surface area (Å²) in [5, 5.41) is 15.9. The van der Waals surface area contributed by atoms with E-state index in [0.717, 1.165) is 45.1 Å². The molecule has 4 heteroatoms. The third-order valence-corrected chi connectivity index (χ3v) is 4.04. The summed E-state index contributed by atoms with van der Waals surface area (Å²) in [4.78, 5) is 12.1. The molecule has 2 fully saturated rings. The van der Waals surface area contributed by atoms with Gasteiger partial charge in [-0.1, -0.05) is 0 Å². The lowest BCUT2D eigenvalue weighted by atomic mass is 9.90. The highest BCUT2D eigenvalue weighted by atomic mass is 16.3. The largest absolute Gasteiger partial charge is 0.393 e. The second-order valence-corrected chi connectivity index (χ2v) is 5.59. The lowest BCUT2D eigenvalue weighted by Gasteiger charge is -2.31. The van der Waals surface area contributed by atoms with Crippen LogP contribution in [0.2, 0.25) is 0 Å². The van der Waals surface area contributed by atoms with Crippen LogP contribution in [0.5, 0.6) is 0 Å². The van der Waals surface area contributed by atoms with E-state index in [4.69, 9.17) is 0 Å². The maximum Gasteiger partial charge on any atom is 0.223 e. The van der Waals surface area contributed by atoms with Crippen molar-refractivity contribution in [3.63, 3.8) is 0 Å². The minimum atomic E-state index is -0.151. The number of nitrogens with one attached hydrogen (secondary N) is 2. The van der Waals surface area contributed by atoms with Crippen LogP contribution in [0.4, 0.5) is 0 Å². The zero-order chi connectivity index (χ0) is 12.3. The molecule has 1 saturated carbocycles. The van der Waals surface area contributed by atoms with Crippen LogP contribution in [0.25, 0.3) is 0 Å². The van der Waals surface area contributed by atoms with Gasteiger partial charge >= 0.3 is 0 Å². The van der Waals surface area contributed by atoms with Crippen LogP contribution < -0.4 is 10.6 Å². The van der Waals surface area contributed by atoms with Gasteiger partial charge in [0.2, 0.25) is 5.91 Å². The molecule has 0 aromatic carbocycles. The fourth-order valence-corrected chi connectivity index (χ4v) is 2.91. The first-order chi connectivity index (χ1) is 8.15. The predicted molar refractivity (Wildman–Crippen MR) is 66.6 cm³/mol. The van der Waals surface area contributed by atoms with E-state index in [-0.39, 0.29) is 24.0 Å².